The second-order valence-electron chi connectivity index (χ2n) is 2.61. The van der Waals surface area contributed by atoms with E-state index in [0.29, 0.717) is 0 Å². The summed E-state index contributed by atoms with van der Waals surface area (Å²) in [5, 5.41) is 0. The molecule has 0 saturated carbocycles. The Bertz CT molecular complexity index is 69.0. The Balaban J connectivity index is 2.96. The van der Waals surface area contributed by atoms with Crippen LogP contribution in [0.4, 0.5) is 0 Å². The van der Waals surface area contributed by atoms with Crippen molar-refractivity contribution in [1.82, 2.24) is 0 Å². The summed E-state index contributed by atoms with van der Waals surface area (Å²) < 4.78 is 0. The fraction of sp³-hybridized carbons (Fsp3) is 0.875. The molecule has 0 N–H and O–H groups in total. The fourth-order valence-electron chi connectivity index (χ4n) is 0.754. The molecule has 0 heterocycles. The van der Waals surface area contributed by atoms with Gasteiger partial charge in [-0.2, -0.15) is 0 Å². The molecule has 0 aliphatic carbocycles. The lowest BCUT2D eigenvalue weighted by Crippen LogP contribution is -1.91. The molecule has 0 aromatic rings. The molecule has 0 spiro atoms. The second-order valence-corrected chi connectivity index (χ2v) is 2.61. The Morgan fingerprint density at radius 3 is 2.67 bits per heavy atom. The standard InChI is InChI=1S/C8H16O/c1-3-8(2)6-4-5-7-9/h7-8H,3-6H2,1-2H3/t8-/m0/s1. The SMILES string of the molecule is CC[C@H](C)CCCC=O. The number of rotatable bonds is 5. The van der Waals surface area contributed by atoms with E-state index in [2.05, 4.69) is 13.8 Å². The number of carbonyl (C=O) groups is 1. The lowest BCUT2D eigenvalue weighted by Gasteiger charge is -2.04. The minimum atomic E-state index is 0.740. The van der Waals surface area contributed by atoms with Gasteiger partial charge in [0.2, 0.25) is 0 Å². The van der Waals surface area contributed by atoms with Crippen molar-refractivity contribution in [2.45, 2.75) is 39.5 Å². The number of aldehydes is 1. The largest absolute Gasteiger partial charge is 0.303 e. The molecule has 0 radical (unpaired) electrons. The molecule has 1 nitrogen and oxygen atoms in total. The fourth-order valence-corrected chi connectivity index (χ4v) is 0.754. The summed E-state index contributed by atoms with van der Waals surface area (Å²) in [6.07, 6.45) is 5.25. The maximum Gasteiger partial charge on any atom is 0.119 e. The predicted molar refractivity (Wildman–Crippen MR) is 39.4 cm³/mol. The predicted octanol–water partition coefficient (Wildman–Crippen LogP) is 2.40. The summed E-state index contributed by atoms with van der Waals surface area (Å²) in [4.78, 5) is 9.87. The van der Waals surface area contributed by atoms with Crippen LogP contribution in [0.3, 0.4) is 0 Å². The Kier molecular flexibility index (Phi) is 5.59. The molecule has 0 aromatic heterocycles. The first kappa shape index (κ1) is 8.67. The van der Waals surface area contributed by atoms with Crippen LogP contribution >= 0.6 is 0 Å². The molecule has 0 aromatic carbocycles. The summed E-state index contributed by atoms with van der Waals surface area (Å²) in [5.74, 6) is 0.796. The van der Waals surface area contributed by atoms with Crippen LogP contribution < -0.4 is 0 Å². The van der Waals surface area contributed by atoms with Crippen molar-refractivity contribution in [3.05, 3.63) is 0 Å². The summed E-state index contributed by atoms with van der Waals surface area (Å²) in [7, 11) is 0. The van der Waals surface area contributed by atoms with Crippen LogP contribution in [-0.4, -0.2) is 6.29 Å². The Morgan fingerprint density at radius 1 is 1.56 bits per heavy atom. The van der Waals surface area contributed by atoms with E-state index in [4.69, 9.17) is 0 Å². The molecule has 0 fully saturated rings. The highest BCUT2D eigenvalue weighted by molar-refractivity contribution is 5.48. The average Bonchev–Trinajstić information content (AvgIpc) is 1.89. The Hall–Kier alpha value is -0.330. The molecule has 54 valence electrons. The van der Waals surface area contributed by atoms with Crippen LogP contribution in [0, 0.1) is 5.92 Å². The van der Waals surface area contributed by atoms with Crippen LogP contribution in [0.2, 0.25) is 0 Å². The summed E-state index contributed by atoms with van der Waals surface area (Å²) in [6, 6.07) is 0. The van der Waals surface area contributed by atoms with E-state index >= 15 is 0 Å². The lowest BCUT2D eigenvalue weighted by atomic mass is 10.0. The third kappa shape index (κ3) is 5.54. The van der Waals surface area contributed by atoms with Crippen LogP contribution in [-0.2, 0) is 4.79 Å². The number of hydrogen-bond acceptors (Lipinski definition) is 1. The number of unbranched alkanes of at least 4 members (excludes halogenated alkanes) is 1. The summed E-state index contributed by atoms with van der Waals surface area (Å²) >= 11 is 0. The van der Waals surface area contributed by atoms with Gasteiger partial charge in [0.05, 0.1) is 0 Å². The minimum absolute atomic E-state index is 0.740. The third-order valence-corrected chi connectivity index (χ3v) is 1.72. The van der Waals surface area contributed by atoms with E-state index in [0.717, 1.165) is 25.0 Å². The highest BCUT2D eigenvalue weighted by Crippen LogP contribution is 2.09. The lowest BCUT2D eigenvalue weighted by molar-refractivity contribution is -0.107. The van der Waals surface area contributed by atoms with Gasteiger partial charge in [-0.25, -0.2) is 0 Å². The number of hydrogen-bond donors (Lipinski definition) is 0. The van der Waals surface area contributed by atoms with Gasteiger partial charge < -0.3 is 4.79 Å². The van der Waals surface area contributed by atoms with Gasteiger partial charge in [-0.3, -0.25) is 0 Å². The van der Waals surface area contributed by atoms with Gasteiger partial charge in [0, 0.05) is 6.42 Å². The first-order valence-electron chi connectivity index (χ1n) is 3.74. The van der Waals surface area contributed by atoms with Crippen molar-refractivity contribution in [2.24, 2.45) is 5.92 Å². The van der Waals surface area contributed by atoms with Crippen molar-refractivity contribution in [3.8, 4) is 0 Å². The second kappa shape index (κ2) is 5.80. The summed E-state index contributed by atoms with van der Waals surface area (Å²) in [6.45, 7) is 4.41. The zero-order chi connectivity index (χ0) is 7.11. The smallest absolute Gasteiger partial charge is 0.119 e. The Labute approximate surface area is 57.5 Å². The van der Waals surface area contributed by atoms with Crippen LogP contribution in [0.15, 0.2) is 0 Å². The van der Waals surface area contributed by atoms with Gasteiger partial charge >= 0.3 is 0 Å². The topological polar surface area (TPSA) is 17.1 Å². The van der Waals surface area contributed by atoms with Gasteiger partial charge in [0.25, 0.3) is 0 Å². The van der Waals surface area contributed by atoms with Gasteiger partial charge in [-0.05, 0) is 12.3 Å². The van der Waals surface area contributed by atoms with E-state index < -0.39 is 0 Å². The van der Waals surface area contributed by atoms with Crippen molar-refractivity contribution >= 4 is 6.29 Å². The first-order chi connectivity index (χ1) is 4.31. The van der Waals surface area contributed by atoms with Gasteiger partial charge in [-0.15, -0.1) is 0 Å². The van der Waals surface area contributed by atoms with E-state index in [1.807, 2.05) is 0 Å². The molecule has 9 heavy (non-hydrogen) atoms. The molecule has 0 saturated heterocycles. The van der Waals surface area contributed by atoms with Crippen LogP contribution in [0.5, 0.6) is 0 Å². The average molecular weight is 128 g/mol. The van der Waals surface area contributed by atoms with Crippen molar-refractivity contribution in [3.63, 3.8) is 0 Å². The number of carbonyl (C=O) groups excluding carboxylic acids is 1. The molecule has 0 aliphatic rings. The molecule has 0 amide bonds. The van der Waals surface area contributed by atoms with Crippen molar-refractivity contribution in [1.29, 1.82) is 0 Å². The zero-order valence-corrected chi connectivity index (χ0v) is 6.39. The highest BCUT2D eigenvalue weighted by atomic mass is 16.1. The zero-order valence-electron chi connectivity index (χ0n) is 6.39. The molecular weight excluding hydrogens is 112 g/mol. The Morgan fingerprint density at radius 2 is 2.22 bits per heavy atom. The molecule has 0 bridgehead atoms. The highest BCUT2D eigenvalue weighted by Gasteiger charge is 1.96. The van der Waals surface area contributed by atoms with Crippen LogP contribution in [0.1, 0.15) is 39.5 Å². The third-order valence-electron chi connectivity index (χ3n) is 1.72. The van der Waals surface area contributed by atoms with E-state index in [9.17, 15) is 4.79 Å². The van der Waals surface area contributed by atoms with Gasteiger partial charge in [-0.1, -0.05) is 26.7 Å². The van der Waals surface area contributed by atoms with E-state index in [1.165, 1.54) is 12.8 Å². The minimum Gasteiger partial charge on any atom is -0.303 e. The van der Waals surface area contributed by atoms with E-state index in [-0.39, 0.29) is 0 Å². The molecule has 0 rings (SSSR count). The molecular formula is C8H16O. The maximum atomic E-state index is 9.87. The van der Waals surface area contributed by atoms with E-state index in [1.54, 1.807) is 0 Å². The first-order valence-corrected chi connectivity index (χ1v) is 3.74. The van der Waals surface area contributed by atoms with Crippen molar-refractivity contribution in [2.75, 3.05) is 0 Å². The summed E-state index contributed by atoms with van der Waals surface area (Å²) in [5.41, 5.74) is 0. The van der Waals surface area contributed by atoms with Gasteiger partial charge in [0.1, 0.15) is 6.29 Å². The van der Waals surface area contributed by atoms with Gasteiger partial charge in [0.15, 0.2) is 0 Å². The maximum absolute atomic E-state index is 9.87. The quantitative estimate of drug-likeness (QED) is 0.410. The monoisotopic (exact) mass is 128 g/mol. The van der Waals surface area contributed by atoms with Crippen LogP contribution in [0.25, 0.3) is 0 Å². The molecule has 1 heteroatoms. The normalized spacial score (nSPS) is 13.1. The molecule has 1 atom stereocenters. The van der Waals surface area contributed by atoms with Crippen molar-refractivity contribution < 1.29 is 4.79 Å². The molecule has 0 unspecified atom stereocenters. The molecule has 0 aliphatic heterocycles.